The molecule has 1 rings (SSSR count). The highest BCUT2D eigenvalue weighted by Crippen LogP contribution is 2.14. The second kappa shape index (κ2) is 10.4. The number of hydrogen-bond acceptors (Lipinski definition) is 3. The summed E-state index contributed by atoms with van der Waals surface area (Å²) in [5.41, 5.74) is 1.07. The zero-order valence-corrected chi connectivity index (χ0v) is 13.5. The Labute approximate surface area is 129 Å². The number of aliphatic hydroxyl groups is 1. The van der Waals surface area contributed by atoms with Gasteiger partial charge in [0.05, 0.1) is 12.7 Å². The van der Waals surface area contributed by atoms with Crippen molar-refractivity contribution < 1.29 is 9.84 Å². The molecular weight excluding hydrogens is 262 g/mol. The van der Waals surface area contributed by atoms with E-state index >= 15 is 0 Å². The molecule has 0 saturated carbocycles. The van der Waals surface area contributed by atoms with Crippen LogP contribution in [0.1, 0.15) is 45.1 Å². The Balaban J connectivity index is 2.46. The predicted molar refractivity (Wildman–Crippen MR) is 89.6 cm³/mol. The van der Waals surface area contributed by atoms with Crippen LogP contribution in [0.4, 0.5) is 0 Å². The molecule has 0 fully saturated rings. The molecule has 0 aliphatic carbocycles. The molecule has 0 aliphatic heterocycles. The summed E-state index contributed by atoms with van der Waals surface area (Å²) < 4.78 is 5.68. The maximum absolute atomic E-state index is 10.0. The standard InChI is InChI=1S/C18H29NO2/c1-4-6-7-14-21-16-11-8-15(9-12-16)10-13-18(20)17(5-2)19-3/h8-13,17-20H,4-7,14H2,1-3H3/b13-10+/t17-,18+/m1/s1. The van der Waals surface area contributed by atoms with Crippen molar-refractivity contribution in [2.24, 2.45) is 0 Å². The van der Waals surface area contributed by atoms with Crippen LogP contribution in [0.15, 0.2) is 30.3 Å². The molecule has 21 heavy (non-hydrogen) atoms. The molecule has 0 spiro atoms. The Bertz CT molecular complexity index is 396. The van der Waals surface area contributed by atoms with Gasteiger partial charge in [0, 0.05) is 6.04 Å². The SMILES string of the molecule is CCCCCOc1ccc(/C=C/[C@H](O)[C@@H](CC)NC)cc1. The summed E-state index contributed by atoms with van der Waals surface area (Å²) in [7, 11) is 1.87. The van der Waals surface area contributed by atoms with E-state index in [0.717, 1.165) is 30.8 Å². The fourth-order valence-corrected chi connectivity index (χ4v) is 2.18. The van der Waals surface area contributed by atoms with Crippen molar-refractivity contribution in [1.82, 2.24) is 5.32 Å². The number of nitrogens with one attached hydrogen (secondary N) is 1. The number of benzene rings is 1. The van der Waals surface area contributed by atoms with Gasteiger partial charge in [-0.25, -0.2) is 0 Å². The van der Waals surface area contributed by atoms with Crippen LogP contribution in [0.5, 0.6) is 5.75 Å². The van der Waals surface area contributed by atoms with Crippen molar-refractivity contribution in [2.45, 2.75) is 51.7 Å². The molecule has 2 N–H and O–H groups in total. The van der Waals surface area contributed by atoms with E-state index in [2.05, 4.69) is 19.2 Å². The maximum Gasteiger partial charge on any atom is 0.119 e. The van der Waals surface area contributed by atoms with Gasteiger partial charge in [-0.15, -0.1) is 0 Å². The zero-order chi connectivity index (χ0) is 15.5. The summed E-state index contributed by atoms with van der Waals surface area (Å²) in [5, 5.41) is 13.1. The van der Waals surface area contributed by atoms with Crippen LogP contribution in [0.25, 0.3) is 6.08 Å². The summed E-state index contributed by atoms with van der Waals surface area (Å²) >= 11 is 0. The first-order valence-corrected chi connectivity index (χ1v) is 7.97. The van der Waals surface area contributed by atoms with Crippen molar-refractivity contribution in [1.29, 1.82) is 0 Å². The van der Waals surface area contributed by atoms with E-state index in [9.17, 15) is 5.11 Å². The number of hydrogen-bond donors (Lipinski definition) is 2. The van der Waals surface area contributed by atoms with E-state index < -0.39 is 6.10 Å². The third-order valence-corrected chi connectivity index (χ3v) is 3.61. The lowest BCUT2D eigenvalue weighted by Crippen LogP contribution is -2.35. The molecule has 0 radical (unpaired) electrons. The van der Waals surface area contributed by atoms with Crippen molar-refractivity contribution >= 4 is 6.08 Å². The normalized spacial score (nSPS) is 14.3. The number of ether oxygens (including phenoxy) is 1. The second-order valence-electron chi connectivity index (χ2n) is 5.28. The van der Waals surface area contributed by atoms with Crippen LogP contribution < -0.4 is 10.1 Å². The van der Waals surface area contributed by atoms with Gasteiger partial charge < -0.3 is 15.2 Å². The van der Waals surface area contributed by atoms with Gasteiger partial charge in [0.1, 0.15) is 5.75 Å². The zero-order valence-electron chi connectivity index (χ0n) is 13.5. The van der Waals surface area contributed by atoms with Crippen molar-refractivity contribution in [3.8, 4) is 5.75 Å². The van der Waals surface area contributed by atoms with Crippen molar-refractivity contribution in [2.75, 3.05) is 13.7 Å². The van der Waals surface area contributed by atoms with E-state index in [0.29, 0.717) is 0 Å². The van der Waals surface area contributed by atoms with Crippen molar-refractivity contribution in [3.05, 3.63) is 35.9 Å². The lowest BCUT2D eigenvalue weighted by Gasteiger charge is -2.17. The Morgan fingerprint density at radius 2 is 1.90 bits per heavy atom. The summed E-state index contributed by atoms with van der Waals surface area (Å²) in [6, 6.07) is 8.08. The molecule has 1 aromatic carbocycles. The van der Waals surface area contributed by atoms with Crippen LogP contribution in [-0.4, -0.2) is 30.9 Å². The molecule has 118 valence electrons. The molecule has 0 heterocycles. The summed E-state index contributed by atoms with van der Waals surface area (Å²) in [6.07, 6.45) is 7.74. The number of unbranched alkanes of at least 4 members (excludes halogenated alkanes) is 2. The van der Waals surface area contributed by atoms with Crippen LogP contribution in [-0.2, 0) is 0 Å². The topological polar surface area (TPSA) is 41.5 Å². The monoisotopic (exact) mass is 291 g/mol. The van der Waals surface area contributed by atoms with Crippen LogP contribution >= 0.6 is 0 Å². The van der Waals surface area contributed by atoms with Crippen LogP contribution in [0.3, 0.4) is 0 Å². The van der Waals surface area contributed by atoms with E-state index in [1.54, 1.807) is 0 Å². The summed E-state index contributed by atoms with van der Waals surface area (Å²) in [5.74, 6) is 0.908. The first-order valence-electron chi connectivity index (χ1n) is 7.97. The smallest absolute Gasteiger partial charge is 0.119 e. The average molecular weight is 291 g/mol. The average Bonchev–Trinajstić information content (AvgIpc) is 2.52. The van der Waals surface area contributed by atoms with E-state index in [-0.39, 0.29) is 6.04 Å². The van der Waals surface area contributed by atoms with E-state index in [1.165, 1.54) is 12.8 Å². The summed E-state index contributed by atoms with van der Waals surface area (Å²) in [4.78, 5) is 0. The third-order valence-electron chi connectivity index (χ3n) is 3.61. The van der Waals surface area contributed by atoms with Gasteiger partial charge >= 0.3 is 0 Å². The molecule has 3 heteroatoms. The molecule has 3 nitrogen and oxygen atoms in total. The third kappa shape index (κ3) is 6.78. The molecule has 0 saturated heterocycles. The largest absolute Gasteiger partial charge is 0.494 e. The highest BCUT2D eigenvalue weighted by atomic mass is 16.5. The lowest BCUT2D eigenvalue weighted by atomic mass is 10.1. The highest BCUT2D eigenvalue weighted by molar-refractivity contribution is 5.51. The molecular formula is C18H29NO2. The Kier molecular flexibility index (Phi) is 8.79. The van der Waals surface area contributed by atoms with Gasteiger partial charge in [-0.2, -0.15) is 0 Å². The maximum atomic E-state index is 10.0. The van der Waals surface area contributed by atoms with Gasteiger partial charge in [-0.05, 0) is 37.6 Å². The Morgan fingerprint density at radius 3 is 2.48 bits per heavy atom. The molecule has 0 unspecified atom stereocenters. The molecule has 0 aliphatic rings. The van der Waals surface area contributed by atoms with Gasteiger partial charge in [-0.1, -0.05) is 51.0 Å². The van der Waals surface area contributed by atoms with E-state index in [4.69, 9.17) is 4.74 Å². The quantitative estimate of drug-likeness (QED) is 0.647. The minimum absolute atomic E-state index is 0.0995. The molecule has 2 atom stereocenters. The second-order valence-corrected chi connectivity index (χ2v) is 5.28. The fraction of sp³-hybridized carbons (Fsp3) is 0.556. The van der Waals surface area contributed by atoms with Crippen LogP contribution in [0, 0.1) is 0 Å². The Morgan fingerprint density at radius 1 is 1.19 bits per heavy atom. The van der Waals surface area contributed by atoms with E-state index in [1.807, 2.05) is 43.5 Å². The minimum atomic E-state index is -0.468. The predicted octanol–water partition coefficient (Wildman–Crippen LogP) is 3.63. The molecule has 1 aromatic rings. The first-order chi connectivity index (χ1) is 10.2. The fourth-order valence-electron chi connectivity index (χ4n) is 2.18. The first kappa shape index (κ1) is 17.7. The molecule has 0 amide bonds. The Hall–Kier alpha value is -1.32. The molecule has 0 aromatic heterocycles. The summed E-state index contributed by atoms with van der Waals surface area (Å²) in [6.45, 7) is 5.03. The lowest BCUT2D eigenvalue weighted by molar-refractivity contribution is 0.174. The van der Waals surface area contributed by atoms with Gasteiger partial charge in [0.25, 0.3) is 0 Å². The van der Waals surface area contributed by atoms with Gasteiger partial charge in [0.15, 0.2) is 0 Å². The van der Waals surface area contributed by atoms with Crippen LogP contribution in [0.2, 0.25) is 0 Å². The number of aliphatic hydroxyl groups excluding tert-OH is 1. The van der Waals surface area contributed by atoms with Gasteiger partial charge in [0.2, 0.25) is 0 Å². The molecule has 0 bridgehead atoms. The number of likely N-dealkylation sites (N-methyl/N-ethyl adjacent to an activating group) is 1. The van der Waals surface area contributed by atoms with Crippen molar-refractivity contribution in [3.63, 3.8) is 0 Å². The highest BCUT2D eigenvalue weighted by Gasteiger charge is 2.11. The van der Waals surface area contributed by atoms with Gasteiger partial charge in [-0.3, -0.25) is 0 Å². The minimum Gasteiger partial charge on any atom is -0.494 e. The number of rotatable bonds is 10.